The molecule has 3 N–H and O–H groups in total. The van der Waals surface area contributed by atoms with E-state index >= 15 is 0 Å². The van der Waals surface area contributed by atoms with Crippen LogP contribution in [0, 0.1) is 0 Å². The van der Waals surface area contributed by atoms with Gasteiger partial charge in [-0.25, -0.2) is 0 Å². The van der Waals surface area contributed by atoms with E-state index in [1.165, 1.54) is 0 Å². The minimum Gasteiger partial charge on any atom is -0.870 e. The Morgan fingerprint density at radius 3 is 1.12 bits per heavy atom. The van der Waals surface area contributed by atoms with Crippen LogP contribution in [0.2, 0.25) is 0 Å². The van der Waals surface area contributed by atoms with Gasteiger partial charge in [0.05, 0.1) is 0 Å². The molecule has 0 saturated heterocycles. The first-order valence-electron chi connectivity index (χ1n) is 0.698. The predicted octanol–water partition coefficient (Wildman–Crippen LogP) is -4.47. The molecule has 0 aliphatic heterocycles. The van der Waals surface area contributed by atoms with Gasteiger partial charge in [0, 0.05) is 0 Å². The topological polar surface area (TPSA) is 105 Å². The predicted molar refractivity (Wildman–Crippen MR) is 23.3 cm³/mol. The van der Waals surface area contributed by atoms with Crippen LogP contribution in [0.1, 0.15) is 0 Å². The second-order valence-electron chi connectivity index (χ2n) is 0.448. The Bertz CT molecular complexity index is 93.6. The minimum atomic E-state index is -4.67. The van der Waals surface area contributed by atoms with Gasteiger partial charge in [-0.15, -0.1) is 0 Å². The van der Waals surface area contributed by atoms with Gasteiger partial charge in [-0.2, -0.15) is 8.42 Å². The summed E-state index contributed by atoms with van der Waals surface area (Å²) < 4.78 is 31.6. The maximum absolute atomic E-state index is 8.74. The van der Waals surface area contributed by atoms with Crippen LogP contribution < -0.4 is 29.6 Å². The third-order valence-electron chi connectivity index (χ3n) is 0. The molecular weight excluding hydrogens is 158 g/mol. The quantitative estimate of drug-likeness (QED) is 0.276. The minimum absolute atomic E-state index is 0. The molecule has 8 heavy (non-hydrogen) atoms. The molecule has 8 heteroatoms. The Hall–Kier alpha value is 1.83. The molecule has 0 spiro atoms. The van der Waals surface area contributed by atoms with Crippen LogP contribution >= 0.6 is 0 Å². The van der Waals surface area contributed by atoms with Crippen LogP contribution in [-0.4, -0.2) is 52.6 Å². The van der Waals surface area contributed by atoms with Crippen molar-refractivity contribution in [2.75, 3.05) is 0 Å². The van der Waals surface area contributed by atoms with E-state index in [1.54, 1.807) is 0 Å². The molecule has 0 bridgehead atoms. The summed E-state index contributed by atoms with van der Waals surface area (Å²) >= 11 is 0. The van der Waals surface area contributed by atoms with Crippen molar-refractivity contribution < 1.29 is 52.6 Å². The van der Waals surface area contributed by atoms with Gasteiger partial charge in [0.2, 0.25) is 0 Å². The van der Waals surface area contributed by atoms with E-state index in [1.807, 2.05) is 0 Å². The zero-order valence-electron chi connectivity index (χ0n) is 3.57. The summed E-state index contributed by atoms with van der Waals surface area (Å²) in [5, 5.41) is 0. The Morgan fingerprint density at radius 1 is 1.12 bits per heavy atom. The molecule has 5 nitrogen and oxygen atoms in total. The van der Waals surface area contributed by atoms with Crippen molar-refractivity contribution in [3.8, 4) is 0 Å². The molecule has 0 aromatic rings. The van der Waals surface area contributed by atoms with E-state index in [9.17, 15) is 0 Å². The fourth-order valence-corrected chi connectivity index (χ4v) is 0. The van der Waals surface area contributed by atoms with Crippen molar-refractivity contribution >= 4 is 40.0 Å². The van der Waals surface area contributed by atoms with Crippen LogP contribution in [0.4, 0.5) is 0 Å². The molecule has 0 atom stereocenters. The zero-order valence-corrected chi connectivity index (χ0v) is 6.38. The number of rotatable bonds is 0. The van der Waals surface area contributed by atoms with Crippen molar-refractivity contribution in [3.63, 3.8) is 0 Å². The molecule has 0 aromatic heterocycles. The summed E-state index contributed by atoms with van der Waals surface area (Å²) in [4.78, 5) is 0. The SMILES string of the molecule is O=S(=O)(O)O.[Na+].[NaH].[OH-]. The maximum atomic E-state index is 8.74. The molecule has 0 aliphatic carbocycles. The summed E-state index contributed by atoms with van der Waals surface area (Å²) in [6.07, 6.45) is 0. The molecule has 0 saturated carbocycles. The van der Waals surface area contributed by atoms with E-state index in [-0.39, 0.29) is 64.6 Å². The standard InChI is InChI=1S/2Na.H2O4S.H2O.H/c;;1-5(2,3)4;;/h;;(H2,1,2,3,4);1H2;/q;+1;;;/p-1. The van der Waals surface area contributed by atoms with Gasteiger partial charge in [-0.3, -0.25) is 9.11 Å². The molecule has 0 unspecified atom stereocenters. The monoisotopic (exact) mass is 162 g/mol. The Balaban J connectivity index is -0.0000000267. The van der Waals surface area contributed by atoms with Crippen LogP contribution in [0.3, 0.4) is 0 Å². The fraction of sp³-hybridized carbons (Fsp3) is 0. The maximum Gasteiger partial charge on any atom is -0.870 e. The third kappa shape index (κ3) is 109. The molecular formula is H4Na2O5S. The molecule has 0 rings (SSSR count). The van der Waals surface area contributed by atoms with Gasteiger partial charge in [0.1, 0.15) is 0 Å². The van der Waals surface area contributed by atoms with Crippen molar-refractivity contribution in [1.82, 2.24) is 0 Å². The largest absolute Gasteiger partial charge is 0.870 e. The fourth-order valence-electron chi connectivity index (χ4n) is 0. The molecule has 0 aliphatic rings. The van der Waals surface area contributed by atoms with E-state index < -0.39 is 10.4 Å². The van der Waals surface area contributed by atoms with Crippen molar-refractivity contribution in [3.05, 3.63) is 0 Å². The van der Waals surface area contributed by atoms with Crippen LogP contribution in [0.15, 0.2) is 0 Å². The van der Waals surface area contributed by atoms with E-state index in [2.05, 4.69) is 0 Å². The van der Waals surface area contributed by atoms with Gasteiger partial charge >= 0.3 is 69.5 Å². The molecule has 0 heterocycles. The zero-order chi connectivity index (χ0) is 4.50. The molecule has 0 radical (unpaired) electrons. The summed E-state index contributed by atoms with van der Waals surface area (Å²) in [6, 6.07) is 0. The van der Waals surface area contributed by atoms with Crippen LogP contribution in [0.25, 0.3) is 0 Å². The second-order valence-corrected chi connectivity index (χ2v) is 1.34. The molecule has 0 aromatic carbocycles. The second kappa shape index (κ2) is 8.83. The first-order valence-corrected chi connectivity index (χ1v) is 2.10. The van der Waals surface area contributed by atoms with E-state index in [0.717, 1.165) is 0 Å². The van der Waals surface area contributed by atoms with Crippen molar-refractivity contribution in [2.45, 2.75) is 0 Å². The van der Waals surface area contributed by atoms with E-state index in [0.29, 0.717) is 0 Å². The van der Waals surface area contributed by atoms with Gasteiger partial charge in [-0.1, -0.05) is 0 Å². The third-order valence-corrected chi connectivity index (χ3v) is 0. The smallest absolute Gasteiger partial charge is 0.870 e. The molecule has 0 amide bonds. The average Bonchev–Trinajstić information content (AvgIpc) is 0.722. The van der Waals surface area contributed by atoms with Gasteiger partial charge in [0.25, 0.3) is 0 Å². The van der Waals surface area contributed by atoms with Crippen LogP contribution in [-0.2, 0) is 10.4 Å². The first kappa shape index (κ1) is 22.5. The summed E-state index contributed by atoms with van der Waals surface area (Å²) in [7, 11) is -4.67. The van der Waals surface area contributed by atoms with Crippen molar-refractivity contribution in [1.29, 1.82) is 0 Å². The number of hydrogen-bond acceptors (Lipinski definition) is 3. The summed E-state index contributed by atoms with van der Waals surface area (Å²) in [5.74, 6) is 0. The summed E-state index contributed by atoms with van der Waals surface area (Å²) in [5.41, 5.74) is 0. The van der Waals surface area contributed by atoms with Gasteiger partial charge in [-0.05, 0) is 0 Å². The van der Waals surface area contributed by atoms with Gasteiger partial charge in [0.15, 0.2) is 0 Å². The average molecular weight is 162 g/mol. The van der Waals surface area contributed by atoms with Gasteiger partial charge < -0.3 is 5.48 Å². The Labute approximate surface area is 91.3 Å². The van der Waals surface area contributed by atoms with Crippen LogP contribution in [0.5, 0.6) is 0 Å². The normalized spacial score (nSPS) is 7.25. The Kier molecular flexibility index (Phi) is 24.9. The van der Waals surface area contributed by atoms with Crippen molar-refractivity contribution in [2.24, 2.45) is 0 Å². The van der Waals surface area contributed by atoms with E-state index in [4.69, 9.17) is 17.5 Å². The Morgan fingerprint density at radius 2 is 1.12 bits per heavy atom. The molecule has 42 valence electrons. The first-order chi connectivity index (χ1) is 2.00. The summed E-state index contributed by atoms with van der Waals surface area (Å²) in [6.45, 7) is 0. The molecule has 0 fully saturated rings. The number of hydrogen-bond donors (Lipinski definition) is 2.